The fourth-order valence-corrected chi connectivity index (χ4v) is 2.83. The van der Waals surface area contributed by atoms with Crippen LogP contribution in [0.25, 0.3) is 0 Å². The Morgan fingerprint density at radius 1 is 1.10 bits per heavy atom. The van der Waals surface area contributed by atoms with E-state index in [9.17, 15) is 0 Å². The minimum absolute atomic E-state index is 0.503. The van der Waals surface area contributed by atoms with Crippen molar-refractivity contribution in [3.8, 4) is 17.2 Å². The maximum absolute atomic E-state index is 5.49. The molecule has 1 aromatic carbocycles. The van der Waals surface area contributed by atoms with Crippen molar-refractivity contribution >= 4 is 11.8 Å². The third-order valence-electron chi connectivity index (χ3n) is 3.23. The van der Waals surface area contributed by atoms with Gasteiger partial charge in [-0.3, -0.25) is 0 Å². The van der Waals surface area contributed by atoms with Crippen LogP contribution in [0.15, 0.2) is 12.1 Å². The van der Waals surface area contributed by atoms with Crippen molar-refractivity contribution < 1.29 is 14.2 Å². The van der Waals surface area contributed by atoms with Gasteiger partial charge < -0.3 is 19.5 Å². The van der Waals surface area contributed by atoms with E-state index in [1.807, 2.05) is 23.9 Å². The summed E-state index contributed by atoms with van der Waals surface area (Å²) in [6, 6.07) is 4.43. The van der Waals surface area contributed by atoms with Crippen LogP contribution in [0.3, 0.4) is 0 Å². The first kappa shape index (κ1) is 17.0. The number of ether oxygens (including phenoxy) is 3. The number of rotatable bonds is 9. The van der Waals surface area contributed by atoms with E-state index in [-0.39, 0.29) is 0 Å². The molecule has 0 bridgehead atoms. The van der Waals surface area contributed by atoms with Gasteiger partial charge in [0.25, 0.3) is 0 Å². The summed E-state index contributed by atoms with van der Waals surface area (Å²) < 4.78 is 16.2. The number of hydrogen-bond donors (Lipinski definition) is 1. The zero-order valence-electron chi connectivity index (χ0n) is 13.0. The Morgan fingerprint density at radius 2 is 1.80 bits per heavy atom. The maximum Gasteiger partial charge on any atom is 0.203 e. The molecule has 0 fully saturated rings. The SMILES string of the molecule is CCC(CSC)NCc1ccc(OC)c(OC)c1OC. The smallest absolute Gasteiger partial charge is 0.203 e. The first-order valence-electron chi connectivity index (χ1n) is 6.71. The highest BCUT2D eigenvalue weighted by atomic mass is 32.2. The van der Waals surface area contributed by atoms with E-state index in [1.54, 1.807) is 21.3 Å². The number of thioether (sulfide) groups is 1. The molecule has 1 N–H and O–H groups in total. The highest BCUT2D eigenvalue weighted by molar-refractivity contribution is 7.98. The second kappa shape index (κ2) is 8.97. The summed E-state index contributed by atoms with van der Waals surface area (Å²) in [5.41, 5.74) is 1.07. The molecule has 0 aliphatic rings. The van der Waals surface area contributed by atoms with Crippen LogP contribution in [-0.4, -0.2) is 39.4 Å². The van der Waals surface area contributed by atoms with Crippen molar-refractivity contribution in [2.24, 2.45) is 0 Å². The average molecular weight is 299 g/mol. The molecular formula is C15H25NO3S. The van der Waals surface area contributed by atoms with E-state index in [0.717, 1.165) is 30.0 Å². The van der Waals surface area contributed by atoms with Gasteiger partial charge in [0.1, 0.15) is 0 Å². The van der Waals surface area contributed by atoms with Crippen molar-refractivity contribution in [2.75, 3.05) is 33.3 Å². The van der Waals surface area contributed by atoms with Crippen molar-refractivity contribution in [1.29, 1.82) is 0 Å². The fraction of sp³-hybridized carbons (Fsp3) is 0.600. The summed E-state index contributed by atoms with van der Waals surface area (Å²) in [5, 5.41) is 3.55. The van der Waals surface area contributed by atoms with Crippen molar-refractivity contribution in [1.82, 2.24) is 5.32 Å². The molecule has 0 amide bonds. The first-order chi connectivity index (χ1) is 9.71. The predicted molar refractivity (Wildman–Crippen MR) is 85.4 cm³/mol. The van der Waals surface area contributed by atoms with E-state index in [2.05, 4.69) is 18.5 Å². The fourth-order valence-electron chi connectivity index (χ4n) is 2.08. The molecular weight excluding hydrogens is 274 g/mol. The molecule has 20 heavy (non-hydrogen) atoms. The minimum Gasteiger partial charge on any atom is -0.493 e. The van der Waals surface area contributed by atoms with E-state index in [1.165, 1.54) is 0 Å². The van der Waals surface area contributed by atoms with Crippen LogP contribution < -0.4 is 19.5 Å². The zero-order valence-corrected chi connectivity index (χ0v) is 13.8. The van der Waals surface area contributed by atoms with E-state index >= 15 is 0 Å². The van der Waals surface area contributed by atoms with Gasteiger partial charge in [0.2, 0.25) is 5.75 Å². The van der Waals surface area contributed by atoms with Gasteiger partial charge >= 0.3 is 0 Å². The number of methoxy groups -OCH3 is 3. The standard InChI is InChI=1S/C15H25NO3S/c1-6-12(10-20-5)16-9-11-7-8-13(17-2)15(19-4)14(11)18-3/h7-8,12,16H,6,9-10H2,1-5H3. The second-order valence-corrected chi connectivity index (χ2v) is 5.35. The van der Waals surface area contributed by atoms with Gasteiger partial charge in [-0.15, -0.1) is 0 Å². The monoisotopic (exact) mass is 299 g/mol. The summed E-state index contributed by atoms with van der Waals surface area (Å²) in [4.78, 5) is 0. The molecule has 1 unspecified atom stereocenters. The van der Waals surface area contributed by atoms with Gasteiger partial charge in [-0.05, 0) is 18.7 Å². The van der Waals surface area contributed by atoms with Crippen LogP contribution in [0, 0.1) is 0 Å². The highest BCUT2D eigenvalue weighted by Crippen LogP contribution is 2.39. The molecule has 1 atom stereocenters. The molecule has 0 heterocycles. The molecule has 4 nitrogen and oxygen atoms in total. The Kier molecular flexibility index (Phi) is 7.62. The van der Waals surface area contributed by atoms with Gasteiger partial charge in [-0.25, -0.2) is 0 Å². The minimum atomic E-state index is 0.503. The lowest BCUT2D eigenvalue weighted by Crippen LogP contribution is -2.30. The van der Waals surface area contributed by atoms with Gasteiger partial charge in [0, 0.05) is 23.9 Å². The average Bonchev–Trinajstić information content (AvgIpc) is 2.50. The van der Waals surface area contributed by atoms with Gasteiger partial charge in [0.15, 0.2) is 11.5 Å². The Balaban J connectivity index is 2.89. The lowest BCUT2D eigenvalue weighted by molar-refractivity contribution is 0.321. The molecule has 114 valence electrons. The number of hydrogen-bond acceptors (Lipinski definition) is 5. The summed E-state index contributed by atoms with van der Waals surface area (Å²) in [7, 11) is 4.90. The van der Waals surface area contributed by atoms with Crippen LogP contribution in [0.5, 0.6) is 17.2 Å². The summed E-state index contributed by atoms with van der Waals surface area (Å²) in [5.74, 6) is 3.17. The summed E-state index contributed by atoms with van der Waals surface area (Å²) in [6.07, 6.45) is 3.23. The highest BCUT2D eigenvalue weighted by Gasteiger charge is 2.16. The van der Waals surface area contributed by atoms with Gasteiger partial charge in [-0.2, -0.15) is 11.8 Å². The van der Waals surface area contributed by atoms with Crippen LogP contribution in [0.4, 0.5) is 0 Å². The Bertz CT molecular complexity index is 412. The van der Waals surface area contributed by atoms with Crippen molar-refractivity contribution in [3.63, 3.8) is 0 Å². The quantitative estimate of drug-likeness (QED) is 0.759. The molecule has 1 aromatic rings. The molecule has 5 heteroatoms. The Morgan fingerprint density at radius 3 is 2.30 bits per heavy atom. The zero-order chi connectivity index (χ0) is 15.0. The van der Waals surface area contributed by atoms with Gasteiger partial charge in [-0.1, -0.05) is 13.0 Å². The van der Waals surface area contributed by atoms with Crippen LogP contribution in [0.1, 0.15) is 18.9 Å². The topological polar surface area (TPSA) is 39.7 Å². The molecule has 0 aliphatic carbocycles. The van der Waals surface area contributed by atoms with Crippen LogP contribution in [-0.2, 0) is 6.54 Å². The van der Waals surface area contributed by atoms with E-state index in [4.69, 9.17) is 14.2 Å². The third kappa shape index (κ3) is 4.21. The van der Waals surface area contributed by atoms with Crippen LogP contribution >= 0.6 is 11.8 Å². The lowest BCUT2D eigenvalue weighted by Gasteiger charge is -2.19. The van der Waals surface area contributed by atoms with Gasteiger partial charge in [0.05, 0.1) is 21.3 Å². The number of nitrogens with one attached hydrogen (secondary N) is 1. The molecule has 0 aromatic heterocycles. The number of benzene rings is 1. The first-order valence-corrected chi connectivity index (χ1v) is 8.11. The molecule has 0 saturated heterocycles. The normalized spacial score (nSPS) is 12.1. The maximum atomic E-state index is 5.49. The van der Waals surface area contributed by atoms with E-state index in [0.29, 0.717) is 17.5 Å². The van der Waals surface area contributed by atoms with Crippen molar-refractivity contribution in [3.05, 3.63) is 17.7 Å². The predicted octanol–water partition coefficient (Wildman–Crippen LogP) is 2.94. The third-order valence-corrected chi connectivity index (χ3v) is 3.96. The van der Waals surface area contributed by atoms with E-state index < -0.39 is 0 Å². The molecule has 0 aliphatic heterocycles. The molecule has 0 radical (unpaired) electrons. The second-order valence-electron chi connectivity index (χ2n) is 4.43. The van der Waals surface area contributed by atoms with Crippen molar-refractivity contribution in [2.45, 2.75) is 25.9 Å². The lowest BCUT2D eigenvalue weighted by atomic mass is 10.1. The summed E-state index contributed by atoms with van der Waals surface area (Å²) >= 11 is 1.85. The molecule has 0 spiro atoms. The summed E-state index contributed by atoms with van der Waals surface area (Å²) in [6.45, 7) is 2.95. The largest absolute Gasteiger partial charge is 0.493 e. The Hall–Kier alpha value is -1.07. The molecule has 1 rings (SSSR count). The van der Waals surface area contributed by atoms with Crippen LogP contribution in [0.2, 0.25) is 0 Å². The Labute approximate surface area is 126 Å². The molecule has 0 saturated carbocycles.